The van der Waals surface area contributed by atoms with Crippen LogP contribution in [0.2, 0.25) is 0 Å². The van der Waals surface area contributed by atoms with Crippen LogP contribution in [0.4, 0.5) is 0 Å². The van der Waals surface area contributed by atoms with Crippen molar-refractivity contribution in [3.8, 4) is 11.5 Å². The first-order valence-corrected chi connectivity index (χ1v) is 13.8. The normalized spacial score (nSPS) is 19.9. The van der Waals surface area contributed by atoms with Crippen molar-refractivity contribution in [2.24, 2.45) is 11.7 Å². The molecule has 206 valence electrons. The molecule has 4 rings (SSSR count). The first kappa shape index (κ1) is 27.9. The maximum absolute atomic E-state index is 13.7. The van der Waals surface area contributed by atoms with E-state index in [1.165, 1.54) is 37.7 Å². The number of hydrogen-bond acceptors (Lipinski definition) is 6. The van der Waals surface area contributed by atoms with Gasteiger partial charge in [0.25, 0.3) is 5.91 Å². The lowest BCUT2D eigenvalue weighted by Gasteiger charge is -2.34. The Morgan fingerprint density at radius 1 is 1.03 bits per heavy atom. The van der Waals surface area contributed by atoms with Crippen LogP contribution in [-0.2, 0) is 11.3 Å². The monoisotopic (exact) mass is 522 g/mol. The van der Waals surface area contributed by atoms with E-state index in [1.807, 2.05) is 18.2 Å². The summed E-state index contributed by atoms with van der Waals surface area (Å²) in [4.78, 5) is 31.2. The summed E-state index contributed by atoms with van der Waals surface area (Å²) in [6, 6.07) is 14.8. The Morgan fingerprint density at radius 3 is 2.45 bits per heavy atom. The predicted molar refractivity (Wildman–Crippen MR) is 148 cm³/mol. The molecule has 1 heterocycles. The summed E-state index contributed by atoms with van der Waals surface area (Å²) in [5, 5.41) is 2.92. The quantitative estimate of drug-likeness (QED) is 0.469. The van der Waals surface area contributed by atoms with Gasteiger partial charge in [0, 0.05) is 44.3 Å². The van der Waals surface area contributed by atoms with Crippen LogP contribution in [0.3, 0.4) is 0 Å². The number of ether oxygens (including phenoxy) is 2. The van der Waals surface area contributed by atoms with E-state index in [1.54, 1.807) is 37.3 Å². The molecule has 38 heavy (non-hydrogen) atoms. The number of nitrogens with two attached hydrogens (primary N) is 1. The molecule has 8 nitrogen and oxygen atoms in total. The van der Waals surface area contributed by atoms with Crippen molar-refractivity contribution in [2.75, 3.05) is 40.4 Å². The van der Waals surface area contributed by atoms with Crippen molar-refractivity contribution in [2.45, 2.75) is 57.2 Å². The van der Waals surface area contributed by atoms with Crippen molar-refractivity contribution in [1.29, 1.82) is 0 Å². The van der Waals surface area contributed by atoms with E-state index in [9.17, 15) is 9.59 Å². The summed E-state index contributed by atoms with van der Waals surface area (Å²) >= 11 is 0. The highest BCUT2D eigenvalue weighted by Gasteiger charge is 2.42. The molecule has 2 amide bonds. The Morgan fingerprint density at radius 2 is 1.74 bits per heavy atom. The van der Waals surface area contributed by atoms with Crippen LogP contribution in [0.25, 0.3) is 0 Å². The van der Waals surface area contributed by atoms with Gasteiger partial charge in [-0.3, -0.25) is 14.5 Å². The van der Waals surface area contributed by atoms with Crippen molar-refractivity contribution in [3.05, 3.63) is 59.7 Å². The third-order valence-electron chi connectivity index (χ3n) is 7.86. The number of rotatable bonds is 11. The lowest BCUT2D eigenvalue weighted by molar-refractivity contribution is -0.124. The average molecular weight is 523 g/mol. The summed E-state index contributed by atoms with van der Waals surface area (Å²) in [6.45, 7) is 2.94. The fourth-order valence-corrected chi connectivity index (χ4v) is 5.84. The molecule has 2 aromatic rings. The molecule has 0 bridgehead atoms. The van der Waals surface area contributed by atoms with E-state index in [0.717, 1.165) is 18.8 Å². The molecule has 2 fully saturated rings. The fourth-order valence-electron chi connectivity index (χ4n) is 5.84. The third-order valence-corrected chi connectivity index (χ3v) is 7.86. The molecular weight excluding hydrogens is 480 g/mol. The summed E-state index contributed by atoms with van der Waals surface area (Å²) in [5.41, 5.74) is 7.34. The minimum Gasteiger partial charge on any atom is -0.497 e. The van der Waals surface area contributed by atoms with E-state index in [0.29, 0.717) is 43.3 Å². The summed E-state index contributed by atoms with van der Waals surface area (Å²) in [7, 11) is 3.27. The summed E-state index contributed by atoms with van der Waals surface area (Å²) in [6.07, 6.45) is 6.90. The molecule has 2 aromatic carbocycles. The Balaban J connectivity index is 1.60. The van der Waals surface area contributed by atoms with E-state index >= 15 is 0 Å². The molecule has 0 radical (unpaired) electrons. The van der Waals surface area contributed by atoms with Crippen LogP contribution >= 0.6 is 0 Å². The fraction of sp³-hybridized carbons (Fsp3) is 0.533. The summed E-state index contributed by atoms with van der Waals surface area (Å²) < 4.78 is 10.8. The van der Waals surface area contributed by atoms with E-state index < -0.39 is 6.04 Å². The second kappa shape index (κ2) is 13.6. The molecule has 0 spiro atoms. The summed E-state index contributed by atoms with van der Waals surface area (Å²) in [5.74, 6) is 1.78. The zero-order valence-electron chi connectivity index (χ0n) is 22.7. The van der Waals surface area contributed by atoms with Crippen molar-refractivity contribution < 1.29 is 19.1 Å². The van der Waals surface area contributed by atoms with Gasteiger partial charge in [0.2, 0.25) is 5.91 Å². The van der Waals surface area contributed by atoms with Crippen LogP contribution < -0.4 is 20.5 Å². The van der Waals surface area contributed by atoms with Crippen molar-refractivity contribution in [1.82, 2.24) is 15.1 Å². The number of nitrogens with zero attached hydrogens (tertiary/aromatic N) is 2. The van der Waals surface area contributed by atoms with Crippen LogP contribution in [0, 0.1) is 5.92 Å². The van der Waals surface area contributed by atoms with E-state index in [2.05, 4.69) is 22.3 Å². The van der Waals surface area contributed by atoms with E-state index in [-0.39, 0.29) is 17.9 Å². The molecule has 8 heteroatoms. The van der Waals surface area contributed by atoms with Gasteiger partial charge in [0.05, 0.1) is 14.2 Å². The van der Waals surface area contributed by atoms with Crippen LogP contribution in [0.15, 0.2) is 48.5 Å². The standard InChI is InChI=1S/C30H42N4O4/c1-37-26-12-6-10-23(16-26)20-33(19-22-8-4-3-5-9-22)25-18-28(29(35)32-15-14-31)34(21-25)30(36)24-11-7-13-27(17-24)38-2/h6-7,10-13,16-17,22,25,28H,3-5,8-9,14-15,18-21,31H2,1-2H3,(H,32,35). The minimum absolute atomic E-state index is 0.0614. The van der Waals surface area contributed by atoms with Gasteiger partial charge in [0.1, 0.15) is 17.5 Å². The van der Waals surface area contributed by atoms with Gasteiger partial charge in [-0.15, -0.1) is 0 Å². The molecule has 2 aliphatic rings. The number of amides is 2. The van der Waals surface area contributed by atoms with Gasteiger partial charge in [0.15, 0.2) is 0 Å². The molecular formula is C30H42N4O4. The second-order valence-electron chi connectivity index (χ2n) is 10.5. The Kier molecular flexibility index (Phi) is 10.0. The zero-order chi connectivity index (χ0) is 26.9. The predicted octanol–water partition coefficient (Wildman–Crippen LogP) is 3.44. The largest absolute Gasteiger partial charge is 0.497 e. The highest BCUT2D eigenvalue weighted by atomic mass is 16.5. The number of methoxy groups -OCH3 is 2. The average Bonchev–Trinajstić information content (AvgIpc) is 3.41. The van der Waals surface area contributed by atoms with Crippen molar-refractivity contribution >= 4 is 11.8 Å². The molecule has 1 saturated heterocycles. The Labute approximate surface area is 226 Å². The van der Waals surface area contributed by atoms with Crippen LogP contribution in [0.5, 0.6) is 11.5 Å². The lowest BCUT2D eigenvalue weighted by Crippen LogP contribution is -2.47. The minimum atomic E-state index is -0.551. The topological polar surface area (TPSA) is 97.1 Å². The van der Waals surface area contributed by atoms with Gasteiger partial charge in [-0.05, 0) is 61.1 Å². The number of hydrogen-bond donors (Lipinski definition) is 2. The van der Waals surface area contributed by atoms with Gasteiger partial charge in [-0.1, -0.05) is 37.5 Å². The maximum atomic E-state index is 13.7. The second-order valence-corrected chi connectivity index (χ2v) is 10.5. The Bertz CT molecular complexity index is 1070. The van der Waals surface area contributed by atoms with Gasteiger partial charge in [-0.2, -0.15) is 0 Å². The lowest BCUT2D eigenvalue weighted by atomic mass is 9.88. The third kappa shape index (κ3) is 7.05. The smallest absolute Gasteiger partial charge is 0.254 e. The number of benzene rings is 2. The Hall–Kier alpha value is -3.10. The SMILES string of the molecule is COc1cccc(CN(CC2CCCCC2)C2CC(C(=O)NCCN)N(C(=O)c3cccc(OC)c3)C2)c1. The first-order valence-electron chi connectivity index (χ1n) is 13.8. The van der Waals surface area contributed by atoms with Crippen molar-refractivity contribution in [3.63, 3.8) is 0 Å². The number of nitrogens with one attached hydrogen (secondary N) is 1. The first-order chi connectivity index (χ1) is 18.5. The highest BCUT2D eigenvalue weighted by molar-refractivity contribution is 5.98. The number of carbonyl (C=O) groups is 2. The van der Waals surface area contributed by atoms with E-state index in [4.69, 9.17) is 15.2 Å². The number of likely N-dealkylation sites (tertiary alicyclic amines) is 1. The molecule has 1 aliphatic heterocycles. The van der Waals surface area contributed by atoms with Crippen LogP contribution in [-0.4, -0.2) is 74.1 Å². The van der Waals surface area contributed by atoms with Crippen LogP contribution in [0.1, 0.15) is 54.4 Å². The van der Waals surface area contributed by atoms with Gasteiger partial charge in [-0.25, -0.2) is 0 Å². The maximum Gasteiger partial charge on any atom is 0.254 e. The molecule has 2 atom stereocenters. The molecule has 1 saturated carbocycles. The molecule has 2 unspecified atom stereocenters. The molecule has 3 N–H and O–H groups in total. The zero-order valence-corrected chi connectivity index (χ0v) is 22.7. The molecule has 1 aliphatic carbocycles. The number of carbonyl (C=O) groups excluding carboxylic acids is 2. The van der Waals surface area contributed by atoms with Gasteiger partial charge < -0.3 is 25.4 Å². The van der Waals surface area contributed by atoms with Gasteiger partial charge >= 0.3 is 0 Å². The molecule has 0 aromatic heterocycles. The highest BCUT2D eigenvalue weighted by Crippen LogP contribution is 2.31.